The third-order valence-corrected chi connectivity index (χ3v) is 4.85. The first-order chi connectivity index (χ1) is 15.7. The third kappa shape index (κ3) is 7.27. The highest BCUT2D eigenvalue weighted by Crippen LogP contribution is 2.18. The van der Waals surface area contributed by atoms with Crippen LogP contribution in [0.3, 0.4) is 0 Å². The molecular formula is C27H28O5. The van der Waals surface area contributed by atoms with Gasteiger partial charge in [0.05, 0.1) is 24.3 Å². The molecule has 0 atom stereocenters. The Morgan fingerprint density at radius 3 is 2.25 bits per heavy atom. The minimum atomic E-state index is -0.503. The minimum absolute atomic E-state index is 0.278. The average Bonchev–Trinajstić information content (AvgIpc) is 2.83. The van der Waals surface area contributed by atoms with E-state index in [4.69, 9.17) is 14.2 Å². The lowest BCUT2D eigenvalue weighted by atomic mass is 10.2. The SMILES string of the molecule is CCCCCOc1ccc(C(=O)Oc2cccc(C(=O)OCCc3ccccc3)c2)cc1. The normalized spacial score (nSPS) is 10.4. The number of carbonyl (C=O) groups excluding carboxylic acids is 2. The Labute approximate surface area is 188 Å². The number of carbonyl (C=O) groups is 2. The first-order valence-electron chi connectivity index (χ1n) is 10.9. The van der Waals surface area contributed by atoms with Crippen LogP contribution < -0.4 is 9.47 Å². The van der Waals surface area contributed by atoms with Crippen molar-refractivity contribution in [1.29, 1.82) is 0 Å². The predicted octanol–water partition coefficient (Wildman–Crippen LogP) is 5.87. The van der Waals surface area contributed by atoms with Gasteiger partial charge in [0.25, 0.3) is 0 Å². The smallest absolute Gasteiger partial charge is 0.343 e. The van der Waals surface area contributed by atoms with Gasteiger partial charge in [-0.3, -0.25) is 0 Å². The molecule has 0 aliphatic heterocycles. The number of ether oxygens (including phenoxy) is 3. The predicted molar refractivity (Wildman–Crippen MR) is 123 cm³/mol. The summed E-state index contributed by atoms with van der Waals surface area (Å²) in [6.45, 7) is 3.08. The molecule has 0 saturated heterocycles. The summed E-state index contributed by atoms with van der Waals surface area (Å²) >= 11 is 0. The van der Waals surface area contributed by atoms with E-state index in [0.717, 1.165) is 30.6 Å². The number of rotatable bonds is 11. The molecule has 5 heteroatoms. The van der Waals surface area contributed by atoms with E-state index in [1.54, 1.807) is 42.5 Å². The lowest BCUT2D eigenvalue weighted by molar-refractivity contribution is 0.0507. The summed E-state index contributed by atoms with van der Waals surface area (Å²) in [6.07, 6.45) is 3.91. The molecule has 0 saturated carbocycles. The van der Waals surface area contributed by atoms with Gasteiger partial charge < -0.3 is 14.2 Å². The summed E-state index contributed by atoms with van der Waals surface area (Å²) in [6, 6.07) is 23.1. The molecule has 0 spiro atoms. The van der Waals surface area contributed by atoms with Crippen molar-refractivity contribution < 1.29 is 23.8 Å². The monoisotopic (exact) mass is 432 g/mol. The topological polar surface area (TPSA) is 61.8 Å². The zero-order valence-electron chi connectivity index (χ0n) is 18.3. The van der Waals surface area contributed by atoms with E-state index in [2.05, 4.69) is 6.92 Å². The molecule has 3 aromatic carbocycles. The van der Waals surface area contributed by atoms with Crippen LogP contribution in [0, 0.1) is 0 Å². The fourth-order valence-electron chi connectivity index (χ4n) is 3.07. The summed E-state index contributed by atoms with van der Waals surface area (Å²) in [5, 5.41) is 0. The zero-order valence-corrected chi connectivity index (χ0v) is 18.3. The molecular weight excluding hydrogens is 404 g/mol. The molecule has 32 heavy (non-hydrogen) atoms. The first-order valence-corrected chi connectivity index (χ1v) is 10.9. The molecule has 3 aromatic rings. The van der Waals surface area contributed by atoms with Crippen molar-refractivity contribution in [2.45, 2.75) is 32.6 Å². The van der Waals surface area contributed by atoms with Crippen LogP contribution in [0.5, 0.6) is 11.5 Å². The lowest BCUT2D eigenvalue weighted by Crippen LogP contribution is -2.11. The van der Waals surface area contributed by atoms with Crippen LogP contribution in [0.2, 0.25) is 0 Å². The van der Waals surface area contributed by atoms with Crippen LogP contribution in [0.15, 0.2) is 78.9 Å². The second kappa shape index (κ2) is 12.3. The highest BCUT2D eigenvalue weighted by atomic mass is 16.5. The molecule has 0 unspecified atom stereocenters. The zero-order chi connectivity index (χ0) is 22.6. The first kappa shape index (κ1) is 23.1. The summed E-state index contributed by atoms with van der Waals surface area (Å²) < 4.78 is 16.4. The number of benzene rings is 3. The number of hydrogen-bond donors (Lipinski definition) is 0. The van der Waals surface area contributed by atoms with Gasteiger partial charge in [-0.15, -0.1) is 0 Å². The molecule has 0 N–H and O–H groups in total. The average molecular weight is 433 g/mol. The fraction of sp³-hybridized carbons (Fsp3) is 0.259. The standard InChI is InChI=1S/C27H28O5/c1-2-3-7-18-30-24-15-13-22(14-16-24)27(29)32-25-12-8-11-23(20-25)26(28)31-19-17-21-9-5-4-6-10-21/h4-6,8-16,20H,2-3,7,17-19H2,1H3. The maximum atomic E-state index is 12.5. The van der Waals surface area contributed by atoms with Gasteiger partial charge in [0.1, 0.15) is 11.5 Å². The van der Waals surface area contributed by atoms with Crippen molar-refractivity contribution in [2.75, 3.05) is 13.2 Å². The minimum Gasteiger partial charge on any atom is -0.494 e. The maximum absolute atomic E-state index is 12.5. The van der Waals surface area contributed by atoms with E-state index in [0.29, 0.717) is 24.2 Å². The second-order valence-electron chi connectivity index (χ2n) is 7.37. The highest BCUT2D eigenvalue weighted by molar-refractivity contribution is 5.92. The van der Waals surface area contributed by atoms with Gasteiger partial charge in [-0.1, -0.05) is 56.2 Å². The summed E-state index contributed by atoms with van der Waals surface area (Å²) in [5.41, 5.74) is 1.83. The summed E-state index contributed by atoms with van der Waals surface area (Å²) in [4.78, 5) is 24.8. The molecule has 0 aromatic heterocycles. The van der Waals surface area contributed by atoms with Crippen LogP contribution in [0.25, 0.3) is 0 Å². The third-order valence-electron chi connectivity index (χ3n) is 4.85. The van der Waals surface area contributed by atoms with Crippen LogP contribution in [0.1, 0.15) is 52.5 Å². The summed E-state index contributed by atoms with van der Waals surface area (Å²) in [5.74, 6) is 0.0471. The Morgan fingerprint density at radius 1 is 0.719 bits per heavy atom. The van der Waals surface area contributed by atoms with Crippen LogP contribution in [-0.2, 0) is 11.2 Å². The van der Waals surface area contributed by atoms with E-state index in [1.165, 1.54) is 6.07 Å². The number of unbranched alkanes of at least 4 members (excludes halogenated alkanes) is 2. The Hall–Kier alpha value is -3.60. The van der Waals surface area contributed by atoms with Crippen molar-refractivity contribution in [1.82, 2.24) is 0 Å². The largest absolute Gasteiger partial charge is 0.494 e. The molecule has 0 bridgehead atoms. The van der Waals surface area contributed by atoms with Crippen molar-refractivity contribution in [2.24, 2.45) is 0 Å². The molecule has 0 fully saturated rings. The van der Waals surface area contributed by atoms with Crippen molar-refractivity contribution in [3.63, 3.8) is 0 Å². The fourth-order valence-corrected chi connectivity index (χ4v) is 3.07. The van der Waals surface area contributed by atoms with Gasteiger partial charge in [-0.05, 0) is 54.4 Å². The van der Waals surface area contributed by atoms with E-state index >= 15 is 0 Å². The van der Waals surface area contributed by atoms with E-state index in [1.807, 2.05) is 30.3 Å². The molecule has 5 nitrogen and oxygen atoms in total. The Morgan fingerprint density at radius 2 is 1.50 bits per heavy atom. The van der Waals surface area contributed by atoms with Gasteiger partial charge in [-0.25, -0.2) is 9.59 Å². The van der Waals surface area contributed by atoms with Gasteiger partial charge >= 0.3 is 11.9 Å². The molecule has 0 aliphatic rings. The molecule has 0 heterocycles. The van der Waals surface area contributed by atoms with Gasteiger partial charge in [-0.2, -0.15) is 0 Å². The molecule has 166 valence electrons. The van der Waals surface area contributed by atoms with E-state index < -0.39 is 11.9 Å². The van der Waals surface area contributed by atoms with Crippen LogP contribution in [0.4, 0.5) is 0 Å². The van der Waals surface area contributed by atoms with E-state index in [9.17, 15) is 9.59 Å². The van der Waals surface area contributed by atoms with Crippen LogP contribution >= 0.6 is 0 Å². The number of esters is 2. The summed E-state index contributed by atoms with van der Waals surface area (Å²) in [7, 11) is 0. The van der Waals surface area contributed by atoms with Gasteiger partial charge in [0.2, 0.25) is 0 Å². The highest BCUT2D eigenvalue weighted by Gasteiger charge is 2.12. The van der Waals surface area contributed by atoms with Crippen molar-refractivity contribution in [3.05, 3.63) is 95.6 Å². The van der Waals surface area contributed by atoms with Crippen molar-refractivity contribution in [3.8, 4) is 11.5 Å². The second-order valence-corrected chi connectivity index (χ2v) is 7.37. The lowest BCUT2D eigenvalue weighted by Gasteiger charge is -2.09. The van der Waals surface area contributed by atoms with Crippen LogP contribution in [-0.4, -0.2) is 25.2 Å². The Kier molecular flexibility index (Phi) is 8.87. The van der Waals surface area contributed by atoms with Gasteiger partial charge in [0.15, 0.2) is 0 Å². The number of hydrogen-bond acceptors (Lipinski definition) is 5. The Bertz CT molecular complexity index is 996. The Balaban J connectivity index is 1.51. The van der Waals surface area contributed by atoms with Crippen molar-refractivity contribution >= 4 is 11.9 Å². The molecule has 0 radical (unpaired) electrons. The molecule has 0 amide bonds. The van der Waals surface area contributed by atoms with Gasteiger partial charge in [0, 0.05) is 6.42 Å². The quantitative estimate of drug-likeness (QED) is 0.215. The maximum Gasteiger partial charge on any atom is 0.343 e. The molecule has 3 rings (SSSR count). The van der Waals surface area contributed by atoms with E-state index in [-0.39, 0.29) is 12.4 Å². The molecule has 0 aliphatic carbocycles.